The van der Waals surface area contributed by atoms with E-state index >= 15 is 0 Å². The molecule has 0 atom stereocenters. The van der Waals surface area contributed by atoms with E-state index in [1.807, 2.05) is 11.8 Å². The minimum atomic E-state index is -0.0863. The maximum atomic E-state index is 11.5. The van der Waals surface area contributed by atoms with Crippen LogP contribution in [0.1, 0.15) is 31.7 Å². The number of thioether (sulfide) groups is 1. The Balaban J connectivity index is 1.98. The van der Waals surface area contributed by atoms with Crippen LogP contribution < -0.4 is 5.32 Å². The average molecular weight is 372 g/mol. The van der Waals surface area contributed by atoms with E-state index < -0.39 is 0 Å². The van der Waals surface area contributed by atoms with E-state index in [0.29, 0.717) is 6.42 Å². The highest BCUT2D eigenvalue weighted by atomic mass is 79.9. The largest absolute Gasteiger partial charge is 0.469 e. The zero-order chi connectivity index (χ0) is 15.3. The van der Waals surface area contributed by atoms with Crippen molar-refractivity contribution >= 4 is 33.7 Å². The second kappa shape index (κ2) is 7.65. The highest BCUT2D eigenvalue weighted by molar-refractivity contribution is 9.10. The molecule has 1 aliphatic carbocycles. The lowest BCUT2D eigenvalue weighted by Gasteiger charge is -2.15. The molecule has 2 rings (SSSR count). The van der Waals surface area contributed by atoms with Gasteiger partial charge < -0.3 is 10.1 Å². The number of ether oxygens (including phenoxy) is 1. The Morgan fingerprint density at radius 2 is 2.24 bits per heavy atom. The number of esters is 1. The number of halogens is 1. The van der Waals surface area contributed by atoms with Crippen LogP contribution in [0.5, 0.6) is 0 Å². The lowest BCUT2D eigenvalue weighted by molar-refractivity contribution is -0.141. The third-order valence-electron chi connectivity index (χ3n) is 3.83. The summed E-state index contributed by atoms with van der Waals surface area (Å²) in [5, 5.41) is 3.38. The zero-order valence-corrected chi connectivity index (χ0v) is 15.0. The van der Waals surface area contributed by atoms with Gasteiger partial charge in [0.25, 0.3) is 0 Å². The predicted octanol–water partition coefficient (Wildman–Crippen LogP) is 3.99. The van der Waals surface area contributed by atoms with Gasteiger partial charge in [0.05, 0.1) is 13.5 Å². The van der Waals surface area contributed by atoms with E-state index in [1.165, 1.54) is 17.6 Å². The normalized spacial score (nSPS) is 15.8. The van der Waals surface area contributed by atoms with Crippen LogP contribution in [0.4, 0.5) is 0 Å². The molecule has 1 N–H and O–H groups in total. The standard InChI is InChI=1S/C16H22BrNO2S/c1-3-18-10-12-8-13(17)4-5-14(12)21-11-16(6-7-16)9-15(19)20-2/h4-5,8,18H,3,6-7,9-11H2,1-2H3. The van der Waals surface area contributed by atoms with Crippen molar-refractivity contribution in [2.45, 2.75) is 37.6 Å². The SMILES string of the molecule is CCNCc1cc(Br)ccc1SCC1(CC(=O)OC)CC1. The zero-order valence-electron chi connectivity index (χ0n) is 12.6. The van der Waals surface area contributed by atoms with Crippen molar-refractivity contribution in [3.63, 3.8) is 0 Å². The van der Waals surface area contributed by atoms with E-state index in [0.717, 1.165) is 36.2 Å². The lowest BCUT2D eigenvalue weighted by Crippen LogP contribution is -2.14. The van der Waals surface area contributed by atoms with Crippen LogP contribution in [-0.4, -0.2) is 25.4 Å². The number of carbonyl (C=O) groups excluding carboxylic acids is 1. The van der Waals surface area contributed by atoms with Crippen LogP contribution in [0.2, 0.25) is 0 Å². The van der Waals surface area contributed by atoms with Crippen LogP contribution in [0.25, 0.3) is 0 Å². The fourth-order valence-electron chi connectivity index (χ4n) is 2.24. The highest BCUT2D eigenvalue weighted by Gasteiger charge is 2.44. The highest BCUT2D eigenvalue weighted by Crippen LogP contribution is 2.52. The summed E-state index contributed by atoms with van der Waals surface area (Å²) in [7, 11) is 1.47. The molecular weight excluding hydrogens is 350 g/mol. The first-order valence-corrected chi connectivity index (χ1v) is 9.05. The second-order valence-corrected chi connectivity index (χ2v) is 7.51. The van der Waals surface area contributed by atoms with Gasteiger partial charge in [0, 0.05) is 21.7 Å². The van der Waals surface area contributed by atoms with Gasteiger partial charge in [-0.25, -0.2) is 0 Å². The van der Waals surface area contributed by atoms with Gasteiger partial charge in [-0.15, -0.1) is 11.8 Å². The summed E-state index contributed by atoms with van der Waals surface area (Å²) in [5.74, 6) is 0.903. The Morgan fingerprint density at radius 3 is 2.86 bits per heavy atom. The molecule has 1 saturated carbocycles. The topological polar surface area (TPSA) is 38.3 Å². The van der Waals surface area contributed by atoms with Crippen LogP contribution >= 0.6 is 27.7 Å². The maximum Gasteiger partial charge on any atom is 0.306 e. The van der Waals surface area contributed by atoms with Gasteiger partial charge >= 0.3 is 5.97 Å². The second-order valence-electron chi connectivity index (χ2n) is 5.57. The van der Waals surface area contributed by atoms with E-state index in [4.69, 9.17) is 4.74 Å². The lowest BCUT2D eigenvalue weighted by atomic mass is 10.1. The van der Waals surface area contributed by atoms with Gasteiger partial charge in [0.1, 0.15) is 0 Å². The first-order chi connectivity index (χ1) is 10.1. The van der Waals surface area contributed by atoms with Gasteiger partial charge in [-0.1, -0.05) is 22.9 Å². The number of benzene rings is 1. The number of methoxy groups -OCH3 is 1. The fraction of sp³-hybridized carbons (Fsp3) is 0.562. The molecule has 3 nitrogen and oxygen atoms in total. The number of rotatable bonds is 8. The van der Waals surface area contributed by atoms with Crippen molar-refractivity contribution in [1.29, 1.82) is 0 Å². The minimum absolute atomic E-state index is 0.0863. The van der Waals surface area contributed by atoms with Crippen LogP contribution in [-0.2, 0) is 16.1 Å². The monoisotopic (exact) mass is 371 g/mol. The number of carbonyl (C=O) groups is 1. The van der Waals surface area contributed by atoms with Gasteiger partial charge in [-0.05, 0) is 48.6 Å². The molecule has 116 valence electrons. The molecule has 0 saturated heterocycles. The van der Waals surface area contributed by atoms with Crippen LogP contribution in [0.15, 0.2) is 27.6 Å². The molecule has 5 heteroatoms. The molecule has 1 aliphatic rings. The predicted molar refractivity (Wildman–Crippen MR) is 90.5 cm³/mol. The first-order valence-electron chi connectivity index (χ1n) is 7.27. The first kappa shape index (κ1) is 16.8. The molecule has 1 aromatic rings. The average Bonchev–Trinajstić information content (AvgIpc) is 3.23. The maximum absolute atomic E-state index is 11.5. The molecule has 1 fully saturated rings. The van der Waals surface area contributed by atoms with Crippen molar-refractivity contribution in [1.82, 2.24) is 5.32 Å². The van der Waals surface area contributed by atoms with Crippen LogP contribution in [0.3, 0.4) is 0 Å². The van der Waals surface area contributed by atoms with Crippen LogP contribution in [0, 0.1) is 5.41 Å². The molecule has 0 aromatic heterocycles. The third-order valence-corrected chi connectivity index (χ3v) is 5.79. The van der Waals surface area contributed by atoms with E-state index in [1.54, 1.807) is 0 Å². The molecule has 21 heavy (non-hydrogen) atoms. The number of hydrogen-bond donors (Lipinski definition) is 1. The van der Waals surface area contributed by atoms with E-state index in [-0.39, 0.29) is 11.4 Å². The van der Waals surface area contributed by atoms with Gasteiger partial charge in [-0.2, -0.15) is 0 Å². The Labute approximate surface area is 139 Å². The summed E-state index contributed by atoms with van der Waals surface area (Å²) in [6.45, 7) is 3.95. The van der Waals surface area contributed by atoms with E-state index in [2.05, 4.69) is 46.4 Å². The molecule has 0 aliphatic heterocycles. The molecule has 0 heterocycles. The summed E-state index contributed by atoms with van der Waals surface area (Å²) in [6.07, 6.45) is 2.82. The Kier molecular flexibility index (Phi) is 6.14. The molecule has 0 unspecified atom stereocenters. The molecule has 0 spiro atoms. The van der Waals surface area contributed by atoms with Crippen molar-refractivity contribution in [3.05, 3.63) is 28.2 Å². The van der Waals surface area contributed by atoms with Crippen molar-refractivity contribution < 1.29 is 9.53 Å². The number of hydrogen-bond acceptors (Lipinski definition) is 4. The van der Waals surface area contributed by atoms with Crippen molar-refractivity contribution in [2.24, 2.45) is 5.41 Å². The molecule has 0 radical (unpaired) electrons. The Hall–Kier alpha value is -0.520. The van der Waals surface area contributed by atoms with E-state index in [9.17, 15) is 4.79 Å². The van der Waals surface area contributed by atoms with Gasteiger partial charge in [0.15, 0.2) is 0 Å². The summed E-state index contributed by atoms with van der Waals surface area (Å²) in [4.78, 5) is 12.8. The van der Waals surface area contributed by atoms with Crippen molar-refractivity contribution in [3.8, 4) is 0 Å². The molecule has 1 aromatic carbocycles. The van der Waals surface area contributed by atoms with Gasteiger partial charge in [0.2, 0.25) is 0 Å². The number of nitrogens with one attached hydrogen (secondary N) is 1. The summed E-state index contributed by atoms with van der Waals surface area (Å²) >= 11 is 5.39. The quantitative estimate of drug-likeness (QED) is 0.553. The Morgan fingerprint density at radius 1 is 1.48 bits per heavy atom. The van der Waals surface area contributed by atoms with Gasteiger partial charge in [-0.3, -0.25) is 4.79 Å². The summed E-state index contributed by atoms with van der Waals surface area (Å²) < 4.78 is 5.91. The molecule has 0 bridgehead atoms. The summed E-state index contributed by atoms with van der Waals surface area (Å²) in [5.41, 5.74) is 1.48. The third kappa shape index (κ3) is 5.01. The fourth-order valence-corrected chi connectivity index (χ4v) is 3.99. The smallest absolute Gasteiger partial charge is 0.306 e. The summed E-state index contributed by atoms with van der Waals surface area (Å²) in [6, 6.07) is 6.41. The molecule has 0 amide bonds. The van der Waals surface area contributed by atoms with Crippen molar-refractivity contribution in [2.75, 3.05) is 19.4 Å². The minimum Gasteiger partial charge on any atom is -0.469 e. The Bertz CT molecular complexity index is 503. The molecular formula is C16H22BrNO2S.